The van der Waals surface area contributed by atoms with E-state index < -0.39 is 0 Å². The van der Waals surface area contributed by atoms with Gasteiger partial charge in [-0.3, -0.25) is 9.78 Å². The third-order valence-electron chi connectivity index (χ3n) is 4.10. The molecule has 0 aliphatic carbocycles. The summed E-state index contributed by atoms with van der Waals surface area (Å²) in [6.45, 7) is 0.788. The normalized spacial score (nSPS) is 10.3. The van der Waals surface area contributed by atoms with Crippen LogP contribution in [0.1, 0.15) is 16.1 Å². The van der Waals surface area contributed by atoms with E-state index in [9.17, 15) is 4.79 Å². The van der Waals surface area contributed by atoms with Crippen LogP contribution >= 0.6 is 0 Å². The number of carbonyl (C=O) groups is 1. The topological polar surface area (TPSA) is 80.2 Å². The molecule has 0 fully saturated rings. The van der Waals surface area contributed by atoms with Crippen LogP contribution in [0, 0.1) is 0 Å². The van der Waals surface area contributed by atoms with Gasteiger partial charge in [0.05, 0.1) is 19.5 Å². The number of anilines is 2. The molecule has 0 unspecified atom stereocenters. The van der Waals surface area contributed by atoms with E-state index in [0.29, 0.717) is 11.5 Å². The van der Waals surface area contributed by atoms with Gasteiger partial charge in [-0.2, -0.15) is 0 Å². The monoisotopic (exact) mass is 363 g/mol. The lowest BCUT2D eigenvalue weighted by Crippen LogP contribution is -2.22. The highest BCUT2D eigenvalue weighted by atomic mass is 16.5. The summed E-state index contributed by atoms with van der Waals surface area (Å²) in [6.07, 6.45) is 7.53. The van der Waals surface area contributed by atoms with E-state index in [0.717, 1.165) is 18.7 Å². The Morgan fingerprint density at radius 1 is 1.07 bits per heavy atom. The van der Waals surface area contributed by atoms with Crippen LogP contribution in [-0.2, 0) is 6.42 Å². The quantitative estimate of drug-likeness (QED) is 0.695. The Labute approximate surface area is 158 Å². The first-order valence-corrected chi connectivity index (χ1v) is 8.53. The van der Waals surface area contributed by atoms with Crippen molar-refractivity contribution in [1.82, 2.24) is 15.0 Å². The number of methoxy groups -OCH3 is 1. The zero-order valence-corrected chi connectivity index (χ0v) is 15.3. The van der Waals surface area contributed by atoms with E-state index in [1.165, 1.54) is 11.8 Å². The largest absolute Gasteiger partial charge is 0.497 e. The number of likely N-dealkylation sites (N-methyl/N-ethyl adjacent to an activating group) is 1. The van der Waals surface area contributed by atoms with Crippen molar-refractivity contribution >= 4 is 17.4 Å². The van der Waals surface area contributed by atoms with Crippen LogP contribution in [0.5, 0.6) is 5.75 Å². The second-order valence-electron chi connectivity index (χ2n) is 5.97. The summed E-state index contributed by atoms with van der Waals surface area (Å²) < 4.78 is 5.10. The molecule has 0 atom stereocenters. The van der Waals surface area contributed by atoms with E-state index in [-0.39, 0.29) is 11.6 Å². The van der Waals surface area contributed by atoms with Gasteiger partial charge in [-0.05, 0) is 48.4 Å². The highest BCUT2D eigenvalue weighted by Gasteiger charge is 2.10. The second-order valence-corrected chi connectivity index (χ2v) is 5.97. The maximum Gasteiger partial charge on any atom is 0.275 e. The number of ether oxygens (including phenoxy) is 1. The number of pyridine rings is 1. The number of amides is 1. The fourth-order valence-corrected chi connectivity index (χ4v) is 2.47. The molecule has 138 valence electrons. The summed E-state index contributed by atoms with van der Waals surface area (Å²) in [5.74, 6) is 1.13. The number of hydrogen-bond acceptors (Lipinski definition) is 6. The average Bonchev–Trinajstić information content (AvgIpc) is 2.73. The minimum atomic E-state index is -0.307. The van der Waals surface area contributed by atoms with Crippen molar-refractivity contribution in [3.05, 3.63) is 72.4 Å². The van der Waals surface area contributed by atoms with Crippen molar-refractivity contribution in [3.63, 3.8) is 0 Å². The first-order chi connectivity index (χ1) is 13.2. The van der Waals surface area contributed by atoms with Gasteiger partial charge >= 0.3 is 0 Å². The van der Waals surface area contributed by atoms with Gasteiger partial charge in [-0.1, -0.05) is 0 Å². The van der Waals surface area contributed by atoms with Crippen LogP contribution < -0.4 is 15.0 Å². The molecule has 1 amide bonds. The third kappa shape index (κ3) is 5.01. The predicted molar refractivity (Wildman–Crippen MR) is 104 cm³/mol. The Bertz CT molecular complexity index is 867. The number of rotatable bonds is 7. The molecule has 0 saturated carbocycles. The molecule has 0 aliphatic rings. The van der Waals surface area contributed by atoms with Crippen LogP contribution in [0.15, 0.2) is 61.2 Å². The number of aromatic nitrogens is 3. The first-order valence-electron chi connectivity index (χ1n) is 8.53. The molecule has 27 heavy (non-hydrogen) atoms. The lowest BCUT2D eigenvalue weighted by Gasteiger charge is -2.17. The molecule has 1 aromatic carbocycles. The summed E-state index contributed by atoms with van der Waals surface area (Å²) in [5.41, 5.74) is 2.14. The van der Waals surface area contributed by atoms with E-state index in [1.807, 2.05) is 24.1 Å². The Kier molecular flexibility index (Phi) is 5.94. The van der Waals surface area contributed by atoms with Crippen molar-refractivity contribution in [1.29, 1.82) is 0 Å². The Morgan fingerprint density at radius 3 is 2.44 bits per heavy atom. The number of hydrogen-bond donors (Lipinski definition) is 1. The second kappa shape index (κ2) is 8.75. The minimum Gasteiger partial charge on any atom is -0.497 e. The molecule has 7 nitrogen and oxygen atoms in total. The van der Waals surface area contributed by atoms with E-state index >= 15 is 0 Å². The van der Waals surface area contributed by atoms with E-state index in [2.05, 4.69) is 20.3 Å². The van der Waals surface area contributed by atoms with Gasteiger partial charge in [-0.25, -0.2) is 9.97 Å². The summed E-state index contributed by atoms with van der Waals surface area (Å²) >= 11 is 0. The third-order valence-corrected chi connectivity index (χ3v) is 4.10. The van der Waals surface area contributed by atoms with E-state index in [4.69, 9.17) is 4.74 Å². The smallest absolute Gasteiger partial charge is 0.275 e. The Hall–Kier alpha value is -3.48. The highest BCUT2D eigenvalue weighted by molar-refractivity contribution is 6.02. The predicted octanol–water partition coefficient (Wildman–Crippen LogP) is 2.81. The number of nitrogens with one attached hydrogen (secondary N) is 1. The Morgan fingerprint density at radius 2 is 1.81 bits per heavy atom. The molecule has 2 aromatic heterocycles. The maximum atomic E-state index is 12.3. The lowest BCUT2D eigenvalue weighted by atomic mass is 10.2. The Balaban J connectivity index is 1.57. The van der Waals surface area contributed by atoms with Gasteiger partial charge in [0.15, 0.2) is 0 Å². The van der Waals surface area contributed by atoms with Crippen molar-refractivity contribution in [2.45, 2.75) is 6.42 Å². The van der Waals surface area contributed by atoms with Crippen LogP contribution in [0.3, 0.4) is 0 Å². The molecule has 1 N–H and O–H groups in total. The van der Waals surface area contributed by atoms with Crippen molar-refractivity contribution in [2.24, 2.45) is 0 Å². The summed E-state index contributed by atoms with van der Waals surface area (Å²) in [4.78, 5) is 26.9. The summed E-state index contributed by atoms with van der Waals surface area (Å²) in [6, 6.07) is 11.1. The number of benzene rings is 1. The molecule has 0 spiro atoms. The first kappa shape index (κ1) is 18.3. The standard InChI is InChI=1S/C20H21N5O2/c1-25(12-9-15-7-10-21-11-8-15)19-14-22-18(13-23-19)20(26)24-16-3-5-17(27-2)6-4-16/h3-8,10-11,13-14H,9,12H2,1-2H3,(H,24,26). The molecule has 2 heterocycles. The number of carbonyl (C=O) groups excluding carboxylic acids is 1. The molecule has 0 saturated heterocycles. The van der Waals surface area contributed by atoms with Gasteiger partial charge in [0, 0.05) is 31.7 Å². The van der Waals surface area contributed by atoms with Crippen LogP contribution in [0.2, 0.25) is 0 Å². The number of nitrogens with zero attached hydrogens (tertiary/aromatic N) is 4. The molecule has 0 aliphatic heterocycles. The van der Waals surface area contributed by atoms with Gasteiger partial charge < -0.3 is 15.0 Å². The van der Waals surface area contributed by atoms with Gasteiger partial charge in [-0.15, -0.1) is 0 Å². The summed E-state index contributed by atoms with van der Waals surface area (Å²) in [5, 5.41) is 2.79. The van der Waals surface area contributed by atoms with Crippen LogP contribution in [0.25, 0.3) is 0 Å². The average molecular weight is 363 g/mol. The van der Waals surface area contributed by atoms with Gasteiger partial charge in [0.1, 0.15) is 17.3 Å². The fourth-order valence-electron chi connectivity index (χ4n) is 2.47. The van der Waals surface area contributed by atoms with Crippen molar-refractivity contribution < 1.29 is 9.53 Å². The molecule has 0 bridgehead atoms. The van der Waals surface area contributed by atoms with Crippen molar-refractivity contribution in [2.75, 3.05) is 30.9 Å². The zero-order valence-electron chi connectivity index (χ0n) is 15.3. The maximum absolute atomic E-state index is 12.3. The molecule has 7 heteroatoms. The van der Waals surface area contributed by atoms with E-state index in [1.54, 1.807) is 50.0 Å². The van der Waals surface area contributed by atoms with Gasteiger partial charge in [0.2, 0.25) is 0 Å². The molecular weight excluding hydrogens is 342 g/mol. The highest BCUT2D eigenvalue weighted by Crippen LogP contribution is 2.16. The van der Waals surface area contributed by atoms with Crippen molar-refractivity contribution in [3.8, 4) is 5.75 Å². The summed E-state index contributed by atoms with van der Waals surface area (Å²) in [7, 11) is 3.54. The van der Waals surface area contributed by atoms with Crippen LogP contribution in [-0.4, -0.2) is 41.6 Å². The SMILES string of the molecule is COc1ccc(NC(=O)c2cnc(N(C)CCc3ccncc3)cn2)cc1. The lowest BCUT2D eigenvalue weighted by molar-refractivity contribution is 0.102. The van der Waals surface area contributed by atoms with Gasteiger partial charge in [0.25, 0.3) is 5.91 Å². The van der Waals surface area contributed by atoms with Crippen LogP contribution in [0.4, 0.5) is 11.5 Å². The molecular formula is C20H21N5O2. The molecule has 3 rings (SSSR count). The zero-order chi connectivity index (χ0) is 19.1. The molecule has 0 radical (unpaired) electrons. The molecule has 3 aromatic rings. The minimum absolute atomic E-state index is 0.261. The fraction of sp³-hybridized carbons (Fsp3) is 0.200.